The van der Waals surface area contributed by atoms with Gasteiger partial charge in [0.25, 0.3) is 0 Å². The van der Waals surface area contributed by atoms with Crippen LogP contribution in [0.2, 0.25) is 0 Å². The van der Waals surface area contributed by atoms with Crippen LogP contribution in [0.1, 0.15) is 55.1 Å². The van der Waals surface area contributed by atoms with Crippen molar-refractivity contribution in [3.63, 3.8) is 0 Å². The van der Waals surface area contributed by atoms with Gasteiger partial charge in [-0.3, -0.25) is 9.80 Å². The second-order valence-electron chi connectivity index (χ2n) is 6.50. The van der Waals surface area contributed by atoms with Gasteiger partial charge in [-0.15, -0.1) is 11.3 Å². The highest BCUT2D eigenvalue weighted by Gasteiger charge is 2.25. The monoisotopic (exact) mass is 335 g/mol. The molecule has 0 N–H and O–H groups in total. The van der Waals surface area contributed by atoms with E-state index in [9.17, 15) is 0 Å². The fourth-order valence-electron chi connectivity index (χ4n) is 2.84. The summed E-state index contributed by atoms with van der Waals surface area (Å²) in [6.07, 6.45) is 0. The van der Waals surface area contributed by atoms with Crippen LogP contribution in [0.3, 0.4) is 0 Å². The molecule has 0 spiro atoms. The molecule has 1 unspecified atom stereocenters. The number of rotatable bonds is 5. The Labute approximate surface area is 141 Å². The van der Waals surface area contributed by atoms with Gasteiger partial charge in [0.2, 0.25) is 5.89 Å². The zero-order chi connectivity index (χ0) is 16.4. The van der Waals surface area contributed by atoms with Crippen LogP contribution in [0.4, 0.5) is 0 Å². The maximum absolute atomic E-state index is 5.30. The lowest BCUT2D eigenvalue weighted by Crippen LogP contribution is -2.46. The molecule has 1 aliphatic heterocycles. The van der Waals surface area contributed by atoms with Gasteiger partial charge in [-0.05, 0) is 13.8 Å². The van der Waals surface area contributed by atoms with Crippen molar-refractivity contribution >= 4 is 11.3 Å². The quantitative estimate of drug-likeness (QED) is 0.837. The van der Waals surface area contributed by atoms with E-state index in [-0.39, 0.29) is 6.04 Å². The number of hydrogen-bond acceptors (Lipinski definition) is 7. The molecule has 0 bridgehead atoms. The van der Waals surface area contributed by atoms with E-state index in [2.05, 4.69) is 46.1 Å². The maximum atomic E-state index is 5.30. The molecule has 126 valence electrons. The van der Waals surface area contributed by atoms with Gasteiger partial charge in [-0.1, -0.05) is 19.0 Å². The molecule has 7 heteroatoms. The lowest BCUT2D eigenvalue weighted by atomic mass is 10.2. The zero-order valence-corrected chi connectivity index (χ0v) is 15.1. The van der Waals surface area contributed by atoms with Crippen molar-refractivity contribution in [2.45, 2.75) is 46.2 Å². The lowest BCUT2D eigenvalue weighted by Gasteiger charge is -2.36. The van der Waals surface area contributed by atoms with Gasteiger partial charge in [0, 0.05) is 44.0 Å². The molecule has 0 aromatic carbocycles. The minimum Gasteiger partial charge on any atom is -0.338 e. The molecule has 1 saturated heterocycles. The Morgan fingerprint density at radius 1 is 1.17 bits per heavy atom. The van der Waals surface area contributed by atoms with Crippen LogP contribution in [0, 0.1) is 6.92 Å². The molecule has 0 saturated carbocycles. The molecule has 1 fully saturated rings. The van der Waals surface area contributed by atoms with E-state index in [4.69, 9.17) is 9.51 Å². The molecule has 2 aromatic rings. The van der Waals surface area contributed by atoms with Crippen LogP contribution in [0.25, 0.3) is 0 Å². The van der Waals surface area contributed by atoms with Crippen molar-refractivity contribution in [1.29, 1.82) is 0 Å². The van der Waals surface area contributed by atoms with Gasteiger partial charge in [-0.25, -0.2) is 4.98 Å². The Morgan fingerprint density at radius 2 is 1.91 bits per heavy atom. The number of piperazine rings is 1. The average molecular weight is 335 g/mol. The normalized spacial score (nSPS) is 18.7. The van der Waals surface area contributed by atoms with Crippen LogP contribution in [0.5, 0.6) is 0 Å². The molecule has 0 aliphatic carbocycles. The predicted molar refractivity (Wildman–Crippen MR) is 90.5 cm³/mol. The Bertz CT molecular complexity index is 630. The van der Waals surface area contributed by atoms with Crippen LogP contribution >= 0.6 is 11.3 Å². The number of thiazole rings is 1. The predicted octanol–water partition coefficient (Wildman–Crippen LogP) is 2.84. The van der Waals surface area contributed by atoms with Crippen molar-refractivity contribution in [2.75, 3.05) is 26.2 Å². The van der Waals surface area contributed by atoms with Crippen LogP contribution in [-0.2, 0) is 6.54 Å². The molecule has 6 nitrogen and oxygen atoms in total. The highest BCUT2D eigenvalue weighted by molar-refractivity contribution is 7.09. The summed E-state index contributed by atoms with van der Waals surface area (Å²) >= 11 is 1.78. The first-order valence-electron chi connectivity index (χ1n) is 8.24. The summed E-state index contributed by atoms with van der Waals surface area (Å²) in [5.74, 6) is 1.94. The molecule has 1 atom stereocenters. The Balaban J connectivity index is 1.51. The second-order valence-corrected chi connectivity index (χ2v) is 7.39. The van der Waals surface area contributed by atoms with Crippen molar-refractivity contribution in [3.8, 4) is 0 Å². The van der Waals surface area contributed by atoms with E-state index in [0.29, 0.717) is 11.7 Å². The van der Waals surface area contributed by atoms with Crippen molar-refractivity contribution in [1.82, 2.24) is 24.9 Å². The number of nitrogens with zero attached hydrogens (tertiary/aromatic N) is 5. The summed E-state index contributed by atoms with van der Waals surface area (Å²) in [4.78, 5) is 14.0. The van der Waals surface area contributed by atoms with Crippen LogP contribution in [-0.4, -0.2) is 51.1 Å². The maximum Gasteiger partial charge on any atom is 0.243 e. The molecular weight excluding hydrogens is 310 g/mol. The smallest absolute Gasteiger partial charge is 0.243 e. The molecule has 1 aliphatic rings. The van der Waals surface area contributed by atoms with Crippen molar-refractivity contribution in [2.24, 2.45) is 0 Å². The molecule has 3 heterocycles. The van der Waals surface area contributed by atoms with Gasteiger partial charge >= 0.3 is 0 Å². The third-order valence-corrected chi connectivity index (χ3v) is 5.50. The standard InChI is InChI=1S/C16H25N5OS/c1-11(2)16-18-14(10-23-16)9-20-5-7-21(8-6-20)12(3)15-17-13(4)19-22-15/h10-12H,5-9H2,1-4H3. The highest BCUT2D eigenvalue weighted by atomic mass is 32.1. The summed E-state index contributed by atoms with van der Waals surface area (Å²) in [5.41, 5.74) is 1.20. The average Bonchev–Trinajstić information content (AvgIpc) is 3.16. The number of aromatic nitrogens is 3. The third kappa shape index (κ3) is 3.97. The fraction of sp³-hybridized carbons (Fsp3) is 0.688. The minimum absolute atomic E-state index is 0.185. The van der Waals surface area contributed by atoms with Gasteiger partial charge in [0.15, 0.2) is 5.82 Å². The van der Waals surface area contributed by atoms with Gasteiger partial charge in [0.1, 0.15) is 0 Å². The topological polar surface area (TPSA) is 58.3 Å². The molecular formula is C16H25N5OS. The van der Waals surface area contributed by atoms with E-state index in [1.165, 1.54) is 10.7 Å². The van der Waals surface area contributed by atoms with Gasteiger partial charge < -0.3 is 4.52 Å². The Morgan fingerprint density at radius 3 is 2.48 bits per heavy atom. The summed E-state index contributed by atoms with van der Waals surface area (Å²) in [5, 5.41) is 7.32. The molecule has 0 radical (unpaired) electrons. The van der Waals surface area contributed by atoms with E-state index in [1.807, 2.05) is 6.92 Å². The van der Waals surface area contributed by atoms with Crippen LogP contribution in [0.15, 0.2) is 9.90 Å². The first kappa shape index (κ1) is 16.5. The minimum atomic E-state index is 0.185. The zero-order valence-electron chi connectivity index (χ0n) is 14.3. The van der Waals surface area contributed by atoms with E-state index in [1.54, 1.807) is 11.3 Å². The highest BCUT2D eigenvalue weighted by Crippen LogP contribution is 2.22. The first-order chi connectivity index (χ1) is 11.0. The Kier molecular flexibility index (Phi) is 5.08. The van der Waals surface area contributed by atoms with Crippen LogP contribution < -0.4 is 0 Å². The summed E-state index contributed by atoms with van der Waals surface area (Å²) in [6, 6.07) is 0.185. The van der Waals surface area contributed by atoms with Gasteiger partial charge in [0.05, 0.1) is 16.7 Å². The second kappa shape index (κ2) is 7.07. The fourth-order valence-corrected chi connectivity index (χ4v) is 3.66. The first-order valence-corrected chi connectivity index (χ1v) is 9.12. The molecule has 23 heavy (non-hydrogen) atoms. The van der Waals surface area contributed by atoms with Crippen molar-refractivity contribution in [3.05, 3.63) is 27.8 Å². The number of hydrogen-bond donors (Lipinski definition) is 0. The molecule has 3 rings (SSSR count). The molecule has 0 amide bonds. The third-order valence-electron chi connectivity index (χ3n) is 4.30. The number of aryl methyl sites for hydroxylation is 1. The SMILES string of the molecule is Cc1noc(C(C)N2CCN(Cc3csc(C(C)C)n3)CC2)n1. The van der Waals surface area contributed by atoms with E-state index >= 15 is 0 Å². The lowest BCUT2D eigenvalue weighted by molar-refractivity contribution is 0.0839. The molecule has 2 aromatic heterocycles. The van der Waals surface area contributed by atoms with E-state index < -0.39 is 0 Å². The summed E-state index contributed by atoms with van der Waals surface area (Å²) in [7, 11) is 0. The van der Waals surface area contributed by atoms with Gasteiger partial charge in [-0.2, -0.15) is 4.98 Å². The van der Waals surface area contributed by atoms with E-state index in [0.717, 1.165) is 38.6 Å². The Hall–Kier alpha value is -1.31. The summed E-state index contributed by atoms with van der Waals surface area (Å²) < 4.78 is 5.30. The summed E-state index contributed by atoms with van der Waals surface area (Å²) in [6.45, 7) is 13.5. The largest absolute Gasteiger partial charge is 0.338 e. The van der Waals surface area contributed by atoms with Crippen molar-refractivity contribution < 1.29 is 4.52 Å².